The molecule has 0 saturated carbocycles. The molecule has 0 radical (unpaired) electrons. The molecule has 0 aliphatic rings. The number of anilines is 1. The van der Waals surface area contributed by atoms with Gasteiger partial charge in [0.15, 0.2) is 0 Å². The first-order chi connectivity index (χ1) is 15.3. The van der Waals surface area contributed by atoms with Gasteiger partial charge >= 0.3 is 5.97 Å². The fourth-order valence-electron chi connectivity index (χ4n) is 3.44. The molecule has 1 aromatic carbocycles. The lowest BCUT2D eigenvalue weighted by atomic mass is 10.1. The van der Waals surface area contributed by atoms with E-state index in [0.717, 1.165) is 19.3 Å². The number of carbonyl (C=O) groups excluding carboxylic acids is 2. The van der Waals surface area contributed by atoms with Gasteiger partial charge in [-0.2, -0.15) is 0 Å². The minimum atomic E-state index is -1.81. The largest absolute Gasteiger partial charge is 0.465 e. The van der Waals surface area contributed by atoms with Crippen molar-refractivity contribution in [2.45, 2.75) is 93.9 Å². The molecule has 0 bridgehead atoms. The van der Waals surface area contributed by atoms with Crippen LogP contribution in [0.5, 0.6) is 0 Å². The van der Waals surface area contributed by atoms with Gasteiger partial charge in [0.25, 0.3) is 0 Å². The topological polar surface area (TPSA) is 67.4 Å². The number of rotatable bonds is 16. The Hall–Kier alpha value is -1.17. The van der Waals surface area contributed by atoms with Crippen molar-refractivity contribution < 1.29 is 14.3 Å². The van der Waals surface area contributed by atoms with Crippen LogP contribution >= 0.6 is 34.8 Å². The van der Waals surface area contributed by atoms with Crippen LogP contribution in [0.4, 0.5) is 5.69 Å². The minimum absolute atomic E-state index is 0.208. The van der Waals surface area contributed by atoms with Crippen molar-refractivity contribution in [3.05, 3.63) is 29.8 Å². The molecule has 0 aliphatic heterocycles. The Kier molecular flexibility index (Phi) is 14.8. The summed E-state index contributed by atoms with van der Waals surface area (Å²) in [7, 11) is 1.29. The van der Waals surface area contributed by atoms with Crippen LogP contribution in [-0.4, -0.2) is 28.9 Å². The number of benzene rings is 1. The number of para-hydroxylation sites is 1. The number of halogens is 3. The van der Waals surface area contributed by atoms with Crippen LogP contribution < -0.4 is 10.6 Å². The van der Waals surface area contributed by atoms with Crippen LogP contribution in [0.15, 0.2) is 24.3 Å². The van der Waals surface area contributed by atoms with Gasteiger partial charge in [0.2, 0.25) is 9.70 Å². The molecule has 1 amide bonds. The van der Waals surface area contributed by atoms with E-state index in [9.17, 15) is 9.59 Å². The van der Waals surface area contributed by atoms with Gasteiger partial charge in [-0.25, -0.2) is 4.79 Å². The average Bonchev–Trinajstić information content (AvgIpc) is 2.76. The predicted octanol–water partition coefficient (Wildman–Crippen LogP) is 7.40. The molecule has 0 saturated heterocycles. The third-order valence-electron chi connectivity index (χ3n) is 5.27. The normalized spacial score (nSPS) is 12.3. The molecule has 32 heavy (non-hydrogen) atoms. The SMILES string of the molecule is CCCCCCCCCCCCCC(=O)N[C@H](Nc1ccccc1C(=O)OC)C(Cl)(Cl)Cl. The van der Waals surface area contributed by atoms with Crippen LogP contribution in [0.3, 0.4) is 0 Å². The molecular weight excluding hydrogens is 471 g/mol. The first-order valence-electron chi connectivity index (χ1n) is 11.6. The van der Waals surface area contributed by atoms with Crippen molar-refractivity contribution >= 4 is 52.4 Å². The summed E-state index contributed by atoms with van der Waals surface area (Å²) in [5.41, 5.74) is 0.694. The van der Waals surface area contributed by atoms with Gasteiger partial charge in [0.05, 0.1) is 18.4 Å². The molecule has 2 N–H and O–H groups in total. The van der Waals surface area contributed by atoms with Crippen LogP contribution in [-0.2, 0) is 9.53 Å². The summed E-state index contributed by atoms with van der Waals surface area (Å²) in [5.74, 6) is -0.733. The number of unbranched alkanes of at least 4 members (excludes halogenated alkanes) is 10. The van der Waals surface area contributed by atoms with Crippen molar-refractivity contribution in [2.75, 3.05) is 12.4 Å². The molecule has 0 aromatic heterocycles. The molecule has 1 rings (SSSR count). The van der Waals surface area contributed by atoms with E-state index in [2.05, 4.69) is 17.6 Å². The number of hydrogen-bond acceptors (Lipinski definition) is 4. The van der Waals surface area contributed by atoms with Gasteiger partial charge in [-0.15, -0.1) is 0 Å². The number of methoxy groups -OCH3 is 1. The molecule has 182 valence electrons. The van der Waals surface area contributed by atoms with Gasteiger partial charge < -0.3 is 15.4 Å². The van der Waals surface area contributed by atoms with Gasteiger partial charge in [-0.3, -0.25) is 4.79 Å². The third-order valence-corrected chi connectivity index (χ3v) is 5.93. The van der Waals surface area contributed by atoms with Crippen LogP contribution in [0, 0.1) is 0 Å². The Morgan fingerprint density at radius 3 is 1.97 bits per heavy atom. The van der Waals surface area contributed by atoms with E-state index in [4.69, 9.17) is 39.5 Å². The average molecular weight is 508 g/mol. The van der Waals surface area contributed by atoms with E-state index < -0.39 is 15.9 Å². The molecule has 5 nitrogen and oxygen atoms in total. The van der Waals surface area contributed by atoms with Gasteiger partial charge in [-0.05, 0) is 18.6 Å². The maximum Gasteiger partial charge on any atom is 0.339 e. The fourth-order valence-corrected chi connectivity index (χ4v) is 3.76. The van der Waals surface area contributed by atoms with Crippen LogP contribution in [0.2, 0.25) is 0 Å². The molecule has 8 heteroatoms. The van der Waals surface area contributed by atoms with Crippen molar-refractivity contribution in [3.63, 3.8) is 0 Å². The molecule has 0 spiro atoms. The lowest BCUT2D eigenvalue weighted by Gasteiger charge is -2.28. The van der Waals surface area contributed by atoms with Gasteiger partial charge in [-0.1, -0.05) is 118 Å². The third kappa shape index (κ3) is 12.2. The molecular formula is C24H37Cl3N2O3. The van der Waals surface area contributed by atoms with E-state index in [-0.39, 0.29) is 11.5 Å². The number of hydrogen-bond donors (Lipinski definition) is 2. The van der Waals surface area contributed by atoms with E-state index in [1.165, 1.54) is 58.5 Å². The minimum Gasteiger partial charge on any atom is -0.465 e. The zero-order valence-corrected chi connectivity index (χ0v) is 21.5. The zero-order valence-electron chi connectivity index (χ0n) is 19.2. The first kappa shape index (κ1) is 28.9. The molecule has 0 unspecified atom stereocenters. The van der Waals surface area contributed by atoms with E-state index in [1.807, 2.05) is 0 Å². The second-order valence-corrected chi connectivity index (χ2v) is 10.4. The highest BCUT2D eigenvalue weighted by Crippen LogP contribution is 2.32. The fraction of sp³-hybridized carbons (Fsp3) is 0.667. The molecule has 1 aromatic rings. The Morgan fingerprint density at radius 2 is 1.44 bits per heavy atom. The Labute approximate surface area is 207 Å². The zero-order chi connectivity index (χ0) is 23.8. The summed E-state index contributed by atoms with van der Waals surface area (Å²) in [5, 5.41) is 5.68. The second-order valence-electron chi connectivity index (χ2n) is 8.01. The van der Waals surface area contributed by atoms with E-state index in [1.54, 1.807) is 24.3 Å². The lowest BCUT2D eigenvalue weighted by Crippen LogP contribution is -2.49. The van der Waals surface area contributed by atoms with Crippen molar-refractivity contribution in [1.29, 1.82) is 0 Å². The number of amides is 1. The number of carbonyl (C=O) groups is 2. The lowest BCUT2D eigenvalue weighted by molar-refractivity contribution is -0.121. The predicted molar refractivity (Wildman–Crippen MR) is 135 cm³/mol. The van der Waals surface area contributed by atoms with Crippen molar-refractivity contribution in [1.82, 2.24) is 5.32 Å². The van der Waals surface area contributed by atoms with Gasteiger partial charge in [0, 0.05) is 6.42 Å². The summed E-state index contributed by atoms with van der Waals surface area (Å²) in [4.78, 5) is 24.4. The molecule has 0 aliphatic carbocycles. The molecule has 0 fully saturated rings. The summed E-state index contributed by atoms with van der Waals surface area (Å²) in [6.07, 6.45) is 12.7. The summed E-state index contributed by atoms with van der Waals surface area (Å²) < 4.78 is 2.97. The van der Waals surface area contributed by atoms with Crippen LogP contribution in [0.1, 0.15) is 94.3 Å². The number of esters is 1. The second kappa shape index (κ2) is 16.4. The first-order valence-corrected chi connectivity index (χ1v) is 12.7. The Morgan fingerprint density at radius 1 is 0.906 bits per heavy atom. The van der Waals surface area contributed by atoms with Gasteiger partial charge in [0.1, 0.15) is 6.17 Å². The summed E-state index contributed by atoms with van der Waals surface area (Å²) >= 11 is 18.2. The maximum absolute atomic E-state index is 12.4. The number of alkyl halides is 3. The van der Waals surface area contributed by atoms with Crippen molar-refractivity contribution in [2.24, 2.45) is 0 Å². The summed E-state index contributed by atoms with van der Waals surface area (Å²) in [6, 6.07) is 6.69. The number of nitrogens with one attached hydrogen (secondary N) is 2. The quantitative estimate of drug-likeness (QED) is 0.106. The standard InChI is InChI=1S/C24H37Cl3N2O3/c1-3-4-5-6-7-8-9-10-11-12-13-18-21(30)29-23(24(25,26)27)28-20-17-15-14-16-19(20)22(31)32-2/h14-17,23,28H,3-13,18H2,1-2H3,(H,29,30)/t23-/m0/s1. The highest BCUT2D eigenvalue weighted by molar-refractivity contribution is 6.68. The molecule has 1 atom stereocenters. The molecule has 0 heterocycles. The highest BCUT2D eigenvalue weighted by atomic mass is 35.6. The Balaban J connectivity index is 2.38. The smallest absolute Gasteiger partial charge is 0.339 e. The van der Waals surface area contributed by atoms with Crippen LogP contribution in [0.25, 0.3) is 0 Å². The summed E-state index contributed by atoms with van der Waals surface area (Å²) in [6.45, 7) is 2.23. The Bertz CT molecular complexity index is 681. The monoisotopic (exact) mass is 506 g/mol. The highest BCUT2D eigenvalue weighted by Gasteiger charge is 2.34. The van der Waals surface area contributed by atoms with Crippen molar-refractivity contribution in [3.8, 4) is 0 Å². The van der Waals surface area contributed by atoms with E-state index >= 15 is 0 Å². The maximum atomic E-state index is 12.4. The number of ether oxygens (including phenoxy) is 1. The van der Waals surface area contributed by atoms with E-state index in [0.29, 0.717) is 12.1 Å².